The minimum atomic E-state index is 0.00704. The van der Waals surface area contributed by atoms with Crippen LogP contribution in [0, 0.1) is 6.92 Å². The molecular formula is C18H21ClN2O. The van der Waals surface area contributed by atoms with Crippen LogP contribution in [-0.2, 0) is 17.8 Å². The molecule has 0 aliphatic heterocycles. The summed E-state index contributed by atoms with van der Waals surface area (Å²) in [6.45, 7) is 3.68. The highest BCUT2D eigenvalue weighted by molar-refractivity contribution is 6.30. The van der Waals surface area contributed by atoms with Gasteiger partial charge in [-0.25, -0.2) is 0 Å². The van der Waals surface area contributed by atoms with E-state index in [4.69, 9.17) is 11.6 Å². The van der Waals surface area contributed by atoms with Crippen molar-refractivity contribution in [1.82, 2.24) is 10.6 Å². The summed E-state index contributed by atoms with van der Waals surface area (Å²) in [7, 11) is 0. The summed E-state index contributed by atoms with van der Waals surface area (Å²) in [6.07, 6.45) is 0.853. The predicted molar refractivity (Wildman–Crippen MR) is 91.1 cm³/mol. The summed E-state index contributed by atoms with van der Waals surface area (Å²) < 4.78 is 0. The van der Waals surface area contributed by atoms with Crippen LogP contribution in [0.5, 0.6) is 0 Å². The number of nitrogens with one attached hydrogen (secondary N) is 2. The van der Waals surface area contributed by atoms with Gasteiger partial charge in [0.2, 0.25) is 5.91 Å². The molecule has 22 heavy (non-hydrogen) atoms. The Morgan fingerprint density at radius 2 is 1.86 bits per heavy atom. The Kier molecular flexibility index (Phi) is 6.44. The minimum absolute atomic E-state index is 0.00704. The van der Waals surface area contributed by atoms with E-state index in [1.165, 1.54) is 11.1 Å². The van der Waals surface area contributed by atoms with Gasteiger partial charge in [0.15, 0.2) is 0 Å². The fraction of sp³-hybridized carbons (Fsp3) is 0.278. The zero-order valence-electron chi connectivity index (χ0n) is 12.7. The normalized spacial score (nSPS) is 10.5. The van der Waals surface area contributed by atoms with Gasteiger partial charge in [-0.05, 0) is 43.1 Å². The van der Waals surface area contributed by atoms with E-state index in [9.17, 15) is 4.79 Å². The van der Waals surface area contributed by atoms with Crippen LogP contribution in [0.25, 0.3) is 0 Å². The monoisotopic (exact) mass is 316 g/mol. The van der Waals surface area contributed by atoms with Crippen molar-refractivity contribution in [2.24, 2.45) is 0 Å². The van der Waals surface area contributed by atoms with Gasteiger partial charge in [-0.1, -0.05) is 53.6 Å². The van der Waals surface area contributed by atoms with E-state index in [1.54, 1.807) is 0 Å². The number of aryl methyl sites for hydroxylation is 1. The average Bonchev–Trinajstić information content (AvgIpc) is 2.50. The van der Waals surface area contributed by atoms with Crippen LogP contribution in [0.4, 0.5) is 0 Å². The first-order valence-corrected chi connectivity index (χ1v) is 7.79. The Balaban J connectivity index is 1.63. The number of carbonyl (C=O) groups excluding carboxylic acids is 1. The fourth-order valence-corrected chi connectivity index (χ4v) is 2.43. The molecule has 0 saturated carbocycles. The number of halogens is 1. The molecule has 0 aromatic heterocycles. The first-order valence-electron chi connectivity index (χ1n) is 7.41. The Morgan fingerprint density at radius 1 is 1.09 bits per heavy atom. The maximum Gasteiger partial charge on any atom is 0.234 e. The molecule has 0 fully saturated rings. The van der Waals surface area contributed by atoms with Gasteiger partial charge >= 0.3 is 0 Å². The van der Waals surface area contributed by atoms with Crippen molar-refractivity contribution >= 4 is 17.5 Å². The average molecular weight is 317 g/mol. The van der Waals surface area contributed by atoms with Crippen LogP contribution < -0.4 is 10.6 Å². The molecule has 0 unspecified atom stereocenters. The first kappa shape index (κ1) is 16.5. The van der Waals surface area contributed by atoms with E-state index in [0.717, 1.165) is 23.6 Å². The van der Waals surface area contributed by atoms with Crippen molar-refractivity contribution < 1.29 is 4.79 Å². The van der Waals surface area contributed by atoms with Crippen molar-refractivity contribution in [2.75, 3.05) is 13.1 Å². The highest BCUT2D eigenvalue weighted by atomic mass is 35.5. The van der Waals surface area contributed by atoms with Gasteiger partial charge in [0.1, 0.15) is 0 Å². The lowest BCUT2D eigenvalue weighted by atomic mass is 10.1. The molecule has 0 saturated heterocycles. The van der Waals surface area contributed by atoms with Crippen molar-refractivity contribution in [3.8, 4) is 0 Å². The molecule has 0 bridgehead atoms. The molecule has 1 amide bonds. The Morgan fingerprint density at radius 3 is 2.64 bits per heavy atom. The topological polar surface area (TPSA) is 41.1 Å². The first-order chi connectivity index (χ1) is 10.6. The number of hydrogen-bond donors (Lipinski definition) is 2. The summed E-state index contributed by atoms with van der Waals surface area (Å²) in [6, 6.07) is 15.9. The summed E-state index contributed by atoms with van der Waals surface area (Å²) in [5.41, 5.74) is 3.49. The van der Waals surface area contributed by atoms with E-state index in [2.05, 4.69) is 16.7 Å². The number of hydrogen-bond acceptors (Lipinski definition) is 2. The summed E-state index contributed by atoms with van der Waals surface area (Å²) in [4.78, 5) is 11.8. The van der Waals surface area contributed by atoms with Crippen molar-refractivity contribution in [3.63, 3.8) is 0 Å². The molecule has 2 aromatic carbocycles. The lowest BCUT2D eigenvalue weighted by Gasteiger charge is -2.08. The Hall–Kier alpha value is -1.84. The van der Waals surface area contributed by atoms with Gasteiger partial charge in [0.25, 0.3) is 0 Å². The van der Waals surface area contributed by atoms with E-state index in [1.807, 2.05) is 49.4 Å². The molecule has 0 aliphatic rings. The molecule has 2 rings (SSSR count). The molecule has 2 aromatic rings. The highest BCUT2D eigenvalue weighted by Gasteiger charge is 2.01. The molecule has 0 radical (unpaired) electrons. The largest absolute Gasteiger partial charge is 0.351 e. The molecule has 3 nitrogen and oxygen atoms in total. The molecule has 0 aliphatic carbocycles. The second-order valence-electron chi connectivity index (χ2n) is 5.32. The van der Waals surface area contributed by atoms with Crippen molar-refractivity contribution in [2.45, 2.75) is 19.9 Å². The third-order valence-electron chi connectivity index (χ3n) is 3.34. The Bertz CT molecular complexity index is 628. The lowest BCUT2D eigenvalue weighted by Crippen LogP contribution is -2.34. The zero-order chi connectivity index (χ0) is 15.8. The van der Waals surface area contributed by atoms with Gasteiger partial charge in [-0.3, -0.25) is 4.79 Å². The quantitative estimate of drug-likeness (QED) is 0.771. The summed E-state index contributed by atoms with van der Waals surface area (Å²) >= 11 is 5.93. The van der Waals surface area contributed by atoms with Crippen LogP contribution in [0.1, 0.15) is 16.7 Å². The fourth-order valence-electron chi connectivity index (χ4n) is 2.21. The van der Waals surface area contributed by atoms with Gasteiger partial charge in [-0.15, -0.1) is 0 Å². The maximum atomic E-state index is 11.8. The number of carbonyl (C=O) groups is 1. The van der Waals surface area contributed by atoms with Crippen LogP contribution in [0.3, 0.4) is 0 Å². The maximum absolute atomic E-state index is 11.8. The SMILES string of the molecule is Cc1cccc(CNC(=O)CNCCc2cccc(Cl)c2)c1. The van der Waals surface area contributed by atoms with Crippen LogP contribution >= 0.6 is 11.6 Å². The van der Waals surface area contributed by atoms with Crippen LogP contribution in [0.2, 0.25) is 5.02 Å². The second kappa shape index (κ2) is 8.57. The van der Waals surface area contributed by atoms with Gasteiger partial charge < -0.3 is 10.6 Å². The van der Waals surface area contributed by atoms with Gasteiger partial charge in [0, 0.05) is 11.6 Å². The molecule has 2 N–H and O–H groups in total. The third kappa shape index (κ3) is 5.88. The molecule has 0 heterocycles. The van der Waals surface area contributed by atoms with Gasteiger partial charge in [0.05, 0.1) is 6.54 Å². The molecule has 116 valence electrons. The van der Waals surface area contributed by atoms with Crippen molar-refractivity contribution in [3.05, 3.63) is 70.2 Å². The van der Waals surface area contributed by atoms with E-state index >= 15 is 0 Å². The lowest BCUT2D eigenvalue weighted by molar-refractivity contribution is -0.120. The highest BCUT2D eigenvalue weighted by Crippen LogP contribution is 2.10. The zero-order valence-corrected chi connectivity index (χ0v) is 13.5. The Labute approximate surface area is 136 Å². The number of rotatable bonds is 7. The van der Waals surface area contributed by atoms with E-state index in [-0.39, 0.29) is 5.91 Å². The third-order valence-corrected chi connectivity index (χ3v) is 3.57. The van der Waals surface area contributed by atoms with E-state index < -0.39 is 0 Å². The van der Waals surface area contributed by atoms with E-state index in [0.29, 0.717) is 13.1 Å². The standard InChI is InChI=1S/C18H21ClN2O/c1-14-4-2-6-16(10-14)12-21-18(22)13-20-9-8-15-5-3-7-17(19)11-15/h2-7,10-11,20H,8-9,12-13H2,1H3,(H,21,22). The molecule has 0 spiro atoms. The second-order valence-corrected chi connectivity index (χ2v) is 5.76. The number of benzene rings is 2. The van der Waals surface area contributed by atoms with Crippen LogP contribution in [0.15, 0.2) is 48.5 Å². The van der Waals surface area contributed by atoms with Crippen molar-refractivity contribution in [1.29, 1.82) is 0 Å². The minimum Gasteiger partial charge on any atom is -0.351 e. The van der Waals surface area contributed by atoms with Crippen LogP contribution in [-0.4, -0.2) is 19.0 Å². The van der Waals surface area contributed by atoms with Gasteiger partial charge in [-0.2, -0.15) is 0 Å². The number of amides is 1. The molecular weight excluding hydrogens is 296 g/mol. The smallest absolute Gasteiger partial charge is 0.234 e. The summed E-state index contributed by atoms with van der Waals surface area (Å²) in [5.74, 6) is 0.00704. The predicted octanol–water partition coefficient (Wildman–Crippen LogP) is 3.10. The summed E-state index contributed by atoms with van der Waals surface area (Å²) in [5, 5.41) is 6.80. The molecule has 4 heteroatoms. The molecule has 0 atom stereocenters.